The van der Waals surface area contributed by atoms with Crippen molar-refractivity contribution in [3.05, 3.63) is 5.82 Å². The number of carbonyl (C=O) groups is 1. The van der Waals surface area contributed by atoms with Gasteiger partial charge in [0.2, 0.25) is 0 Å². The molecule has 0 bridgehead atoms. The maximum absolute atomic E-state index is 11.0. The minimum absolute atomic E-state index is 0.264. The summed E-state index contributed by atoms with van der Waals surface area (Å²) in [6, 6.07) is 0. The Morgan fingerprint density at radius 2 is 2.07 bits per heavy atom. The molecule has 0 saturated heterocycles. The van der Waals surface area contributed by atoms with Gasteiger partial charge in [-0.15, -0.1) is 10.2 Å². The third-order valence-electron chi connectivity index (χ3n) is 2.60. The Bertz CT molecular complexity index is 400. The van der Waals surface area contributed by atoms with Crippen molar-refractivity contribution in [1.29, 1.82) is 0 Å². The lowest BCUT2D eigenvalue weighted by Gasteiger charge is -2.15. The van der Waals surface area contributed by atoms with Crippen LogP contribution in [0.4, 0.5) is 0 Å². The summed E-state index contributed by atoms with van der Waals surface area (Å²) in [6.07, 6.45) is 1.22. The van der Waals surface area contributed by atoms with Crippen molar-refractivity contribution in [1.82, 2.24) is 20.2 Å². The van der Waals surface area contributed by atoms with Gasteiger partial charge in [0.25, 0.3) is 0 Å². The summed E-state index contributed by atoms with van der Waals surface area (Å²) < 4.78 is 0. The molecule has 1 saturated carbocycles. The van der Waals surface area contributed by atoms with Crippen molar-refractivity contribution in [3.8, 4) is 0 Å². The van der Waals surface area contributed by atoms with Gasteiger partial charge in [-0.1, -0.05) is 0 Å². The summed E-state index contributed by atoms with van der Waals surface area (Å²) in [7, 11) is 0. The molecule has 1 N–H and O–H groups in total. The summed E-state index contributed by atoms with van der Waals surface area (Å²) in [5.41, 5.74) is -1.12. The van der Waals surface area contributed by atoms with Crippen LogP contribution in [0.25, 0.3) is 0 Å². The predicted molar refractivity (Wildman–Crippen MR) is 51.4 cm³/mol. The van der Waals surface area contributed by atoms with E-state index in [4.69, 9.17) is 5.11 Å². The zero-order valence-electron chi connectivity index (χ0n) is 9.06. The van der Waals surface area contributed by atoms with Crippen LogP contribution in [0, 0.1) is 0 Å². The first-order valence-electron chi connectivity index (χ1n) is 4.91. The van der Waals surface area contributed by atoms with Crippen LogP contribution in [-0.2, 0) is 15.7 Å². The van der Waals surface area contributed by atoms with E-state index in [-0.39, 0.29) is 5.54 Å². The van der Waals surface area contributed by atoms with Gasteiger partial charge >= 0.3 is 5.97 Å². The SMILES string of the molecule is CC(C)(C)n1nnc(C2(C(=O)O)CC2)n1. The van der Waals surface area contributed by atoms with E-state index in [0.717, 1.165) is 0 Å². The first kappa shape index (κ1) is 10.1. The first-order chi connectivity index (χ1) is 6.86. The van der Waals surface area contributed by atoms with Gasteiger partial charge in [-0.25, -0.2) is 0 Å². The molecule has 0 spiro atoms. The number of nitrogens with zero attached hydrogens (tertiary/aromatic N) is 4. The van der Waals surface area contributed by atoms with Crippen LogP contribution in [-0.4, -0.2) is 31.3 Å². The number of carboxylic acids is 1. The molecular weight excluding hydrogens is 196 g/mol. The van der Waals surface area contributed by atoms with Crippen molar-refractivity contribution < 1.29 is 9.90 Å². The molecule has 1 aromatic heterocycles. The number of hydrogen-bond donors (Lipinski definition) is 1. The van der Waals surface area contributed by atoms with E-state index in [2.05, 4.69) is 15.4 Å². The smallest absolute Gasteiger partial charge is 0.317 e. The average Bonchev–Trinajstić information content (AvgIpc) is 2.75. The highest BCUT2D eigenvalue weighted by Crippen LogP contribution is 2.46. The number of aromatic nitrogens is 4. The van der Waals surface area contributed by atoms with Crippen LogP contribution in [0.1, 0.15) is 39.4 Å². The minimum Gasteiger partial charge on any atom is -0.480 e. The molecule has 0 aromatic carbocycles. The summed E-state index contributed by atoms with van der Waals surface area (Å²) in [5.74, 6) is -0.513. The van der Waals surface area contributed by atoms with Gasteiger partial charge in [-0.3, -0.25) is 4.79 Å². The number of aliphatic carboxylic acids is 1. The molecule has 2 rings (SSSR count). The molecule has 1 aliphatic carbocycles. The second-order valence-electron chi connectivity index (χ2n) is 4.96. The Balaban J connectivity index is 2.33. The van der Waals surface area contributed by atoms with Crippen molar-refractivity contribution in [2.45, 2.75) is 44.6 Å². The van der Waals surface area contributed by atoms with Gasteiger partial charge in [0, 0.05) is 0 Å². The normalized spacial score (nSPS) is 18.9. The maximum Gasteiger partial charge on any atom is 0.317 e. The first-order valence-corrected chi connectivity index (χ1v) is 4.91. The molecule has 82 valence electrons. The Labute approximate surface area is 87.3 Å². The molecule has 1 heterocycles. The van der Waals surface area contributed by atoms with Crippen molar-refractivity contribution in [2.24, 2.45) is 0 Å². The zero-order valence-corrected chi connectivity index (χ0v) is 9.06. The monoisotopic (exact) mass is 210 g/mol. The second-order valence-corrected chi connectivity index (χ2v) is 4.96. The lowest BCUT2D eigenvalue weighted by Crippen LogP contribution is -2.26. The van der Waals surface area contributed by atoms with Gasteiger partial charge < -0.3 is 5.11 Å². The lowest BCUT2D eigenvalue weighted by atomic mass is 10.1. The number of carboxylic acid groups (broad SMARTS) is 1. The quantitative estimate of drug-likeness (QED) is 0.770. The molecule has 6 nitrogen and oxygen atoms in total. The van der Waals surface area contributed by atoms with E-state index in [1.807, 2.05) is 20.8 Å². The van der Waals surface area contributed by atoms with Crippen molar-refractivity contribution in [3.63, 3.8) is 0 Å². The fourth-order valence-electron chi connectivity index (χ4n) is 1.35. The van der Waals surface area contributed by atoms with E-state index in [0.29, 0.717) is 18.7 Å². The van der Waals surface area contributed by atoms with Gasteiger partial charge in [-0.2, -0.15) is 4.80 Å². The Morgan fingerprint density at radius 1 is 1.47 bits per heavy atom. The summed E-state index contributed by atoms with van der Waals surface area (Å²) in [4.78, 5) is 12.5. The van der Waals surface area contributed by atoms with Gasteiger partial charge in [0.05, 0.1) is 5.54 Å². The van der Waals surface area contributed by atoms with E-state index in [1.165, 1.54) is 4.80 Å². The molecule has 1 aliphatic rings. The van der Waals surface area contributed by atoms with E-state index in [1.54, 1.807) is 0 Å². The van der Waals surface area contributed by atoms with Crippen LogP contribution in [0.5, 0.6) is 0 Å². The summed E-state index contributed by atoms with van der Waals surface area (Å²) >= 11 is 0. The largest absolute Gasteiger partial charge is 0.480 e. The van der Waals surface area contributed by atoms with Crippen LogP contribution >= 0.6 is 0 Å². The van der Waals surface area contributed by atoms with Crippen LogP contribution in [0.3, 0.4) is 0 Å². The maximum atomic E-state index is 11.0. The molecule has 0 radical (unpaired) electrons. The third-order valence-corrected chi connectivity index (χ3v) is 2.60. The molecule has 0 aliphatic heterocycles. The Morgan fingerprint density at radius 3 is 2.40 bits per heavy atom. The minimum atomic E-state index is -0.858. The number of tetrazole rings is 1. The Hall–Kier alpha value is -1.46. The molecule has 6 heteroatoms. The van der Waals surface area contributed by atoms with Crippen LogP contribution in [0.2, 0.25) is 0 Å². The summed E-state index contributed by atoms with van der Waals surface area (Å²) in [5, 5.41) is 20.9. The lowest BCUT2D eigenvalue weighted by molar-refractivity contribution is -0.140. The highest BCUT2D eigenvalue weighted by molar-refractivity contribution is 5.83. The van der Waals surface area contributed by atoms with E-state index >= 15 is 0 Å². The van der Waals surface area contributed by atoms with Crippen LogP contribution < -0.4 is 0 Å². The van der Waals surface area contributed by atoms with Gasteiger partial charge in [0.1, 0.15) is 5.41 Å². The average molecular weight is 210 g/mol. The highest BCUT2D eigenvalue weighted by Gasteiger charge is 2.55. The standard InChI is InChI=1S/C9H14N4O2/c1-8(2,3)13-11-6(10-12-13)9(4-5-9)7(14)15/h4-5H2,1-3H3,(H,14,15). The molecule has 1 fully saturated rings. The van der Waals surface area contributed by atoms with Gasteiger partial charge in [-0.05, 0) is 38.8 Å². The molecular formula is C9H14N4O2. The Kier molecular flexibility index (Phi) is 1.86. The molecule has 0 amide bonds. The fraction of sp³-hybridized carbons (Fsp3) is 0.778. The van der Waals surface area contributed by atoms with Crippen molar-refractivity contribution >= 4 is 5.97 Å². The predicted octanol–water partition coefficient (Wildman–Crippen LogP) is 0.544. The molecule has 0 unspecified atom stereocenters. The van der Waals surface area contributed by atoms with E-state index in [9.17, 15) is 4.79 Å². The fourth-order valence-corrected chi connectivity index (χ4v) is 1.35. The topological polar surface area (TPSA) is 80.9 Å². The number of hydrogen-bond acceptors (Lipinski definition) is 4. The van der Waals surface area contributed by atoms with Crippen LogP contribution in [0.15, 0.2) is 0 Å². The second kappa shape index (κ2) is 2.77. The third kappa shape index (κ3) is 1.49. The molecule has 1 aromatic rings. The number of rotatable bonds is 2. The molecule has 0 atom stereocenters. The molecule has 15 heavy (non-hydrogen) atoms. The summed E-state index contributed by atoms with van der Waals surface area (Å²) in [6.45, 7) is 5.83. The van der Waals surface area contributed by atoms with Gasteiger partial charge in [0.15, 0.2) is 5.82 Å². The van der Waals surface area contributed by atoms with E-state index < -0.39 is 11.4 Å². The zero-order chi connectivity index (χ0) is 11.3. The highest BCUT2D eigenvalue weighted by atomic mass is 16.4. The van der Waals surface area contributed by atoms with Crippen molar-refractivity contribution in [2.75, 3.05) is 0 Å².